The number of hydrogen-bond donors (Lipinski definition) is 3. The summed E-state index contributed by atoms with van der Waals surface area (Å²) in [7, 11) is 0. The zero-order valence-electron chi connectivity index (χ0n) is 10.9. The molecule has 1 aromatic rings. The Morgan fingerprint density at radius 2 is 1.65 bits per heavy atom. The molecule has 0 aromatic heterocycles. The quantitative estimate of drug-likeness (QED) is 0.649. The van der Waals surface area contributed by atoms with Crippen LogP contribution in [0.1, 0.15) is 10.4 Å². The van der Waals surface area contributed by atoms with Gasteiger partial charge in [-0.3, -0.25) is 9.59 Å². The number of nitrogens with one attached hydrogen (secondary N) is 1. The van der Waals surface area contributed by atoms with Gasteiger partial charge in [0, 0.05) is 23.1 Å². The lowest BCUT2D eigenvalue weighted by atomic mass is 10.2. The molecule has 6 nitrogen and oxygen atoms in total. The molecule has 0 saturated heterocycles. The van der Waals surface area contributed by atoms with E-state index in [2.05, 4.69) is 21.2 Å². The second-order valence-electron chi connectivity index (χ2n) is 4.02. The summed E-state index contributed by atoms with van der Waals surface area (Å²) in [6.07, 6.45) is 0. The summed E-state index contributed by atoms with van der Waals surface area (Å²) in [6, 6.07) is 6.76. The highest BCUT2D eigenvalue weighted by Gasteiger charge is 2.14. The van der Waals surface area contributed by atoms with E-state index in [9.17, 15) is 9.59 Å². The Bertz CT molecular complexity index is 444. The van der Waals surface area contributed by atoms with Gasteiger partial charge in [0.1, 0.15) is 0 Å². The molecule has 0 fully saturated rings. The van der Waals surface area contributed by atoms with Crippen LogP contribution in [0.3, 0.4) is 0 Å². The van der Waals surface area contributed by atoms with Crippen molar-refractivity contribution in [2.75, 3.05) is 32.8 Å². The van der Waals surface area contributed by atoms with Crippen LogP contribution in [0.2, 0.25) is 0 Å². The highest BCUT2D eigenvalue weighted by Crippen LogP contribution is 2.10. The van der Waals surface area contributed by atoms with E-state index >= 15 is 0 Å². The first-order chi connectivity index (χ1) is 9.58. The zero-order chi connectivity index (χ0) is 15.0. The summed E-state index contributed by atoms with van der Waals surface area (Å²) in [5.74, 6) is -0.697. The van der Waals surface area contributed by atoms with Crippen LogP contribution in [0, 0.1) is 0 Å². The van der Waals surface area contributed by atoms with E-state index in [1.807, 2.05) is 0 Å². The number of benzene rings is 1. The van der Waals surface area contributed by atoms with E-state index in [1.165, 1.54) is 4.90 Å². The number of nitrogens with zero attached hydrogens (tertiary/aromatic N) is 1. The van der Waals surface area contributed by atoms with Crippen LogP contribution in [0.4, 0.5) is 0 Å². The molecule has 0 aliphatic heterocycles. The van der Waals surface area contributed by atoms with Crippen LogP contribution >= 0.6 is 15.9 Å². The Morgan fingerprint density at radius 1 is 1.10 bits per heavy atom. The highest BCUT2D eigenvalue weighted by atomic mass is 79.9. The van der Waals surface area contributed by atoms with Crippen molar-refractivity contribution in [1.29, 1.82) is 0 Å². The maximum absolute atomic E-state index is 11.8. The van der Waals surface area contributed by atoms with Gasteiger partial charge >= 0.3 is 0 Å². The van der Waals surface area contributed by atoms with Crippen LogP contribution in [-0.2, 0) is 4.79 Å². The van der Waals surface area contributed by atoms with Crippen molar-refractivity contribution >= 4 is 27.7 Å². The van der Waals surface area contributed by atoms with Crippen molar-refractivity contribution in [3.05, 3.63) is 34.3 Å². The smallest absolute Gasteiger partial charge is 0.251 e. The summed E-state index contributed by atoms with van der Waals surface area (Å²) in [6.45, 7) is -0.283. The van der Waals surface area contributed by atoms with Crippen LogP contribution in [-0.4, -0.2) is 59.8 Å². The van der Waals surface area contributed by atoms with Crippen molar-refractivity contribution < 1.29 is 19.8 Å². The Hall–Kier alpha value is -1.44. The Balaban J connectivity index is 2.50. The second kappa shape index (κ2) is 8.68. The molecule has 0 spiro atoms. The summed E-state index contributed by atoms with van der Waals surface area (Å²) in [5.41, 5.74) is 0.455. The molecule has 0 heterocycles. The first kappa shape index (κ1) is 16.6. The molecule has 20 heavy (non-hydrogen) atoms. The third-order valence-corrected chi connectivity index (χ3v) is 3.13. The number of carbonyl (C=O) groups is 2. The van der Waals surface area contributed by atoms with Gasteiger partial charge in [0.05, 0.1) is 19.8 Å². The molecule has 2 amide bonds. The maximum Gasteiger partial charge on any atom is 0.251 e. The lowest BCUT2D eigenvalue weighted by Gasteiger charge is -2.20. The van der Waals surface area contributed by atoms with Crippen LogP contribution < -0.4 is 5.32 Å². The lowest BCUT2D eigenvalue weighted by Crippen LogP contribution is -2.42. The maximum atomic E-state index is 11.8. The van der Waals surface area contributed by atoms with Crippen molar-refractivity contribution in [1.82, 2.24) is 10.2 Å². The Kier molecular flexibility index (Phi) is 7.21. The molecular formula is C13H17BrN2O4. The number of halogens is 1. The van der Waals surface area contributed by atoms with Crippen molar-refractivity contribution in [2.24, 2.45) is 0 Å². The van der Waals surface area contributed by atoms with Gasteiger partial charge in [-0.2, -0.15) is 0 Å². The van der Waals surface area contributed by atoms with Gasteiger partial charge in [-0.15, -0.1) is 0 Å². The highest BCUT2D eigenvalue weighted by molar-refractivity contribution is 9.10. The Morgan fingerprint density at radius 3 is 2.15 bits per heavy atom. The summed E-state index contributed by atoms with van der Waals surface area (Å²) >= 11 is 3.27. The molecule has 0 radical (unpaired) electrons. The van der Waals surface area contributed by atoms with Gasteiger partial charge in [-0.05, 0) is 24.3 Å². The van der Waals surface area contributed by atoms with Crippen LogP contribution in [0.5, 0.6) is 0 Å². The molecule has 0 unspecified atom stereocenters. The number of rotatable bonds is 7. The fraction of sp³-hybridized carbons (Fsp3) is 0.385. The van der Waals surface area contributed by atoms with Crippen molar-refractivity contribution in [3.8, 4) is 0 Å². The molecule has 1 rings (SSSR count). The van der Waals surface area contributed by atoms with Crippen LogP contribution in [0.25, 0.3) is 0 Å². The van der Waals surface area contributed by atoms with Gasteiger partial charge in [0.25, 0.3) is 5.91 Å². The molecule has 1 aromatic carbocycles. The minimum absolute atomic E-state index is 0.132. The minimum Gasteiger partial charge on any atom is -0.395 e. The standard InChI is InChI=1S/C13H17BrN2O4/c14-11-3-1-10(2-4-11)13(20)15-9-12(19)16(5-7-17)6-8-18/h1-4,17-18H,5-9H2,(H,15,20). The summed E-state index contributed by atoms with van der Waals surface area (Å²) in [5, 5.41) is 20.2. The normalized spacial score (nSPS) is 10.2. The van der Waals surface area contributed by atoms with E-state index in [-0.39, 0.29) is 44.7 Å². The molecule has 0 saturated carbocycles. The first-order valence-corrected chi connectivity index (χ1v) is 6.91. The fourth-order valence-corrected chi connectivity index (χ4v) is 1.84. The zero-order valence-corrected chi connectivity index (χ0v) is 12.5. The number of hydrogen-bond acceptors (Lipinski definition) is 4. The monoisotopic (exact) mass is 344 g/mol. The predicted molar refractivity (Wildman–Crippen MR) is 77.2 cm³/mol. The molecule has 3 N–H and O–H groups in total. The topological polar surface area (TPSA) is 89.9 Å². The molecule has 0 atom stereocenters. The average molecular weight is 345 g/mol. The van der Waals surface area contributed by atoms with E-state index in [0.717, 1.165) is 4.47 Å². The van der Waals surface area contributed by atoms with Gasteiger partial charge < -0.3 is 20.4 Å². The molecule has 7 heteroatoms. The Labute approximate surface area is 125 Å². The SMILES string of the molecule is O=C(NCC(=O)N(CCO)CCO)c1ccc(Br)cc1. The summed E-state index contributed by atoms with van der Waals surface area (Å²) < 4.78 is 0.863. The van der Waals surface area contributed by atoms with Gasteiger partial charge in [0.2, 0.25) is 5.91 Å². The van der Waals surface area contributed by atoms with Crippen LogP contribution in [0.15, 0.2) is 28.7 Å². The number of aliphatic hydroxyl groups excluding tert-OH is 2. The van der Waals surface area contributed by atoms with E-state index in [4.69, 9.17) is 10.2 Å². The van der Waals surface area contributed by atoms with Gasteiger partial charge in [-0.25, -0.2) is 0 Å². The van der Waals surface area contributed by atoms with Gasteiger partial charge in [0.15, 0.2) is 0 Å². The number of amides is 2. The number of carbonyl (C=O) groups excluding carboxylic acids is 2. The summed E-state index contributed by atoms with van der Waals surface area (Å²) in [4.78, 5) is 24.9. The van der Waals surface area contributed by atoms with E-state index < -0.39 is 0 Å². The minimum atomic E-state index is -0.349. The molecule has 0 aliphatic carbocycles. The lowest BCUT2D eigenvalue weighted by molar-refractivity contribution is -0.131. The molecular weight excluding hydrogens is 328 g/mol. The second-order valence-corrected chi connectivity index (χ2v) is 4.93. The average Bonchev–Trinajstić information content (AvgIpc) is 2.45. The number of aliphatic hydroxyl groups is 2. The predicted octanol–water partition coefficient (Wildman–Crippen LogP) is -0.00790. The first-order valence-electron chi connectivity index (χ1n) is 6.11. The molecule has 110 valence electrons. The van der Waals surface area contributed by atoms with Gasteiger partial charge in [-0.1, -0.05) is 15.9 Å². The van der Waals surface area contributed by atoms with Crippen molar-refractivity contribution in [3.63, 3.8) is 0 Å². The third-order valence-electron chi connectivity index (χ3n) is 2.60. The molecule has 0 bridgehead atoms. The largest absolute Gasteiger partial charge is 0.395 e. The molecule has 0 aliphatic rings. The van der Waals surface area contributed by atoms with Crippen molar-refractivity contribution in [2.45, 2.75) is 0 Å². The third kappa shape index (κ3) is 5.28. The fourth-order valence-electron chi connectivity index (χ4n) is 1.57. The van der Waals surface area contributed by atoms with E-state index in [1.54, 1.807) is 24.3 Å². The van der Waals surface area contributed by atoms with E-state index in [0.29, 0.717) is 5.56 Å².